The fraction of sp³-hybridized carbons (Fsp3) is 0.333. The highest BCUT2D eigenvalue weighted by molar-refractivity contribution is 5.29. The van der Waals surface area contributed by atoms with Gasteiger partial charge >= 0.3 is 0 Å². The van der Waals surface area contributed by atoms with E-state index in [2.05, 4.69) is 4.98 Å². The van der Waals surface area contributed by atoms with E-state index < -0.39 is 0 Å². The number of rotatable bonds is 2. The van der Waals surface area contributed by atoms with Gasteiger partial charge in [-0.25, -0.2) is 0 Å². The standard InChI is InChI=1S/C9H12NO/c1-3-7(2)9-8(11)5-4-6-10-9/h3-7,11H,1-2H3. The monoisotopic (exact) mass is 150 g/mol. The second-order valence-electron chi connectivity index (χ2n) is 2.53. The van der Waals surface area contributed by atoms with Crippen molar-refractivity contribution in [3.8, 4) is 5.75 Å². The topological polar surface area (TPSA) is 33.1 Å². The van der Waals surface area contributed by atoms with E-state index in [-0.39, 0.29) is 11.7 Å². The van der Waals surface area contributed by atoms with Gasteiger partial charge in [0, 0.05) is 12.1 Å². The van der Waals surface area contributed by atoms with Crippen LogP contribution in [0.5, 0.6) is 5.75 Å². The van der Waals surface area contributed by atoms with Crippen LogP contribution in [-0.2, 0) is 0 Å². The average molecular weight is 150 g/mol. The number of aromatic nitrogens is 1. The molecular weight excluding hydrogens is 138 g/mol. The lowest BCUT2D eigenvalue weighted by atomic mass is 10.0. The molecule has 1 radical (unpaired) electrons. The summed E-state index contributed by atoms with van der Waals surface area (Å²) in [6.07, 6.45) is 3.69. The zero-order valence-corrected chi connectivity index (χ0v) is 6.78. The summed E-state index contributed by atoms with van der Waals surface area (Å²) >= 11 is 0. The molecule has 1 atom stereocenters. The molecule has 0 aliphatic heterocycles. The quantitative estimate of drug-likeness (QED) is 0.700. The first-order valence-corrected chi connectivity index (χ1v) is 3.69. The van der Waals surface area contributed by atoms with Crippen molar-refractivity contribution in [3.63, 3.8) is 0 Å². The van der Waals surface area contributed by atoms with E-state index in [9.17, 15) is 5.11 Å². The van der Waals surface area contributed by atoms with E-state index in [0.717, 1.165) is 5.69 Å². The molecule has 0 saturated heterocycles. The van der Waals surface area contributed by atoms with Crippen LogP contribution in [0.2, 0.25) is 0 Å². The minimum atomic E-state index is 0.219. The second-order valence-corrected chi connectivity index (χ2v) is 2.53. The van der Waals surface area contributed by atoms with E-state index >= 15 is 0 Å². The third-order valence-corrected chi connectivity index (χ3v) is 1.75. The van der Waals surface area contributed by atoms with Gasteiger partial charge in [0.15, 0.2) is 0 Å². The predicted molar refractivity (Wildman–Crippen MR) is 44.3 cm³/mol. The third kappa shape index (κ3) is 1.70. The molecule has 1 heterocycles. The van der Waals surface area contributed by atoms with Gasteiger partial charge in [-0.3, -0.25) is 4.98 Å². The molecule has 0 saturated carbocycles. The van der Waals surface area contributed by atoms with Crippen molar-refractivity contribution in [1.29, 1.82) is 0 Å². The smallest absolute Gasteiger partial charge is 0.137 e. The second kappa shape index (κ2) is 3.37. The molecule has 1 rings (SSSR count). The Kier molecular flexibility index (Phi) is 2.47. The maximum Gasteiger partial charge on any atom is 0.137 e. The van der Waals surface area contributed by atoms with Gasteiger partial charge in [-0.15, -0.1) is 0 Å². The van der Waals surface area contributed by atoms with E-state index in [1.165, 1.54) is 0 Å². The van der Waals surface area contributed by atoms with Gasteiger partial charge in [-0.05, 0) is 18.6 Å². The lowest BCUT2D eigenvalue weighted by Gasteiger charge is -2.07. The first kappa shape index (κ1) is 8.05. The van der Waals surface area contributed by atoms with Crippen LogP contribution in [0.4, 0.5) is 0 Å². The molecule has 2 nitrogen and oxygen atoms in total. The van der Waals surface area contributed by atoms with Crippen LogP contribution in [0.3, 0.4) is 0 Å². The Morgan fingerprint density at radius 3 is 2.91 bits per heavy atom. The van der Waals surface area contributed by atoms with Crippen molar-refractivity contribution < 1.29 is 5.11 Å². The number of nitrogens with zero attached hydrogens (tertiary/aromatic N) is 1. The third-order valence-electron chi connectivity index (χ3n) is 1.75. The first-order valence-electron chi connectivity index (χ1n) is 3.69. The van der Waals surface area contributed by atoms with Crippen LogP contribution in [-0.4, -0.2) is 10.1 Å². The molecular formula is C9H12NO. The van der Waals surface area contributed by atoms with Gasteiger partial charge in [-0.2, -0.15) is 0 Å². The van der Waals surface area contributed by atoms with Gasteiger partial charge in [-0.1, -0.05) is 13.8 Å². The number of hydrogen-bond acceptors (Lipinski definition) is 2. The van der Waals surface area contributed by atoms with Gasteiger partial charge in [0.1, 0.15) is 5.75 Å². The fourth-order valence-electron chi connectivity index (χ4n) is 0.918. The van der Waals surface area contributed by atoms with Gasteiger partial charge < -0.3 is 5.11 Å². The molecule has 0 spiro atoms. The zero-order valence-electron chi connectivity index (χ0n) is 6.78. The zero-order chi connectivity index (χ0) is 8.27. The van der Waals surface area contributed by atoms with Crippen molar-refractivity contribution in [2.24, 2.45) is 0 Å². The largest absolute Gasteiger partial charge is 0.506 e. The number of pyridine rings is 1. The highest BCUT2D eigenvalue weighted by Gasteiger charge is 2.08. The van der Waals surface area contributed by atoms with Crippen molar-refractivity contribution >= 4 is 0 Å². The van der Waals surface area contributed by atoms with Gasteiger partial charge in [0.05, 0.1) is 5.69 Å². The Labute approximate surface area is 66.9 Å². The summed E-state index contributed by atoms with van der Waals surface area (Å²) in [5, 5.41) is 9.33. The molecule has 0 bridgehead atoms. The minimum Gasteiger partial charge on any atom is -0.506 e. The minimum absolute atomic E-state index is 0.219. The highest BCUT2D eigenvalue weighted by atomic mass is 16.3. The first-order chi connectivity index (χ1) is 5.25. The Morgan fingerprint density at radius 1 is 1.64 bits per heavy atom. The highest BCUT2D eigenvalue weighted by Crippen LogP contribution is 2.23. The van der Waals surface area contributed by atoms with Crippen LogP contribution >= 0.6 is 0 Å². The van der Waals surface area contributed by atoms with E-state index in [4.69, 9.17) is 0 Å². The van der Waals surface area contributed by atoms with Crippen LogP contribution in [0.15, 0.2) is 18.3 Å². The van der Waals surface area contributed by atoms with Crippen LogP contribution in [0.25, 0.3) is 0 Å². The molecule has 1 aromatic heterocycles. The van der Waals surface area contributed by atoms with Crippen molar-refractivity contribution in [2.75, 3.05) is 0 Å². The maximum absolute atomic E-state index is 9.33. The normalized spacial score (nSPS) is 12.9. The SMILES string of the molecule is C[CH]C(C)c1ncccc1O. The molecule has 1 aromatic rings. The summed E-state index contributed by atoms with van der Waals surface area (Å²) in [5.41, 5.74) is 0.745. The molecule has 0 fully saturated rings. The summed E-state index contributed by atoms with van der Waals surface area (Å²) in [6, 6.07) is 3.38. The number of hydrogen-bond donors (Lipinski definition) is 1. The van der Waals surface area contributed by atoms with E-state index in [0.29, 0.717) is 0 Å². The van der Waals surface area contributed by atoms with E-state index in [1.54, 1.807) is 18.3 Å². The molecule has 1 N–H and O–H groups in total. The molecule has 0 aliphatic carbocycles. The molecule has 2 heteroatoms. The van der Waals surface area contributed by atoms with Crippen LogP contribution in [0, 0.1) is 6.42 Å². The summed E-state index contributed by atoms with van der Waals surface area (Å²) in [4.78, 5) is 4.07. The van der Waals surface area contributed by atoms with Crippen molar-refractivity contribution in [1.82, 2.24) is 4.98 Å². The molecule has 1 unspecified atom stereocenters. The van der Waals surface area contributed by atoms with Crippen LogP contribution in [0.1, 0.15) is 25.5 Å². The lowest BCUT2D eigenvalue weighted by molar-refractivity contribution is 0.461. The fourth-order valence-corrected chi connectivity index (χ4v) is 0.918. The van der Waals surface area contributed by atoms with Crippen molar-refractivity contribution in [2.45, 2.75) is 19.8 Å². The molecule has 0 aliphatic rings. The summed E-state index contributed by atoms with van der Waals surface area (Å²) in [5.74, 6) is 0.495. The maximum atomic E-state index is 9.33. The van der Waals surface area contributed by atoms with Gasteiger partial charge in [0.2, 0.25) is 0 Å². The summed E-state index contributed by atoms with van der Waals surface area (Å²) < 4.78 is 0. The molecule has 0 aromatic carbocycles. The van der Waals surface area contributed by atoms with E-state index in [1.807, 2.05) is 20.3 Å². The molecule has 59 valence electrons. The molecule has 11 heavy (non-hydrogen) atoms. The Hall–Kier alpha value is -1.05. The summed E-state index contributed by atoms with van der Waals surface area (Å²) in [7, 11) is 0. The van der Waals surface area contributed by atoms with Gasteiger partial charge in [0.25, 0.3) is 0 Å². The number of aromatic hydroxyl groups is 1. The van der Waals surface area contributed by atoms with Crippen LogP contribution < -0.4 is 0 Å². The Morgan fingerprint density at radius 2 is 2.36 bits per heavy atom. The Balaban J connectivity index is 2.93. The predicted octanol–water partition coefficient (Wildman–Crippen LogP) is 2.11. The summed E-state index contributed by atoms with van der Waals surface area (Å²) in [6.45, 7) is 3.96. The Bertz CT molecular complexity index is 235. The van der Waals surface area contributed by atoms with Crippen molar-refractivity contribution in [3.05, 3.63) is 30.4 Å². The molecule has 0 amide bonds. The lowest BCUT2D eigenvalue weighted by Crippen LogP contribution is -1.95. The average Bonchev–Trinajstić information content (AvgIpc) is 2.04.